The van der Waals surface area contributed by atoms with Gasteiger partial charge in [-0.3, -0.25) is 14.9 Å². The number of benzene rings is 1. The minimum atomic E-state index is -0.902. The second-order valence-corrected chi connectivity index (χ2v) is 6.60. The maximum absolute atomic E-state index is 12.6. The lowest BCUT2D eigenvalue weighted by Gasteiger charge is -2.40. The Labute approximate surface area is 152 Å². The highest BCUT2D eigenvalue weighted by molar-refractivity contribution is 5.91. The minimum absolute atomic E-state index is 0.100. The van der Waals surface area contributed by atoms with E-state index < -0.39 is 17.0 Å². The Kier molecular flexibility index (Phi) is 6.49. The Morgan fingerprint density at radius 1 is 1.27 bits per heavy atom. The van der Waals surface area contributed by atoms with Crippen molar-refractivity contribution >= 4 is 23.6 Å². The number of esters is 1. The van der Waals surface area contributed by atoms with E-state index in [0.29, 0.717) is 5.56 Å². The first kappa shape index (κ1) is 19.6. The van der Waals surface area contributed by atoms with Crippen molar-refractivity contribution in [3.8, 4) is 0 Å². The van der Waals surface area contributed by atoms with E-state index in [0.717, 1.165) is 25.3 Å². The lowest BCUT2D eigenvalue weighted by molar-refractivity contribution is -0.385. The first-order valence-electron chi connectivity index (χ1n) is 8.75. The number of nitrogens with zero attached hydrogens (tertiary/aromatic N) is 2. The van der Waals surface area contributed by atoms with Gasteiger partial charge in [0, 0.05) is 24.2 Å². The minimum Gasteiger partial charge on any atom is -0.449 e. The van der Waals surface area contributed by atoms with E-state index in [1.165, 1.54) is 18.2 Å². The first-order chi connectivity index (χ1) is 12.3. The number of carbonyl (C=O) groups is 2. The van der Waals surface area contributed by atoms with Crippen LogP contribution in [0.3, 0.4) is 0 Å². The van der Waals surface area contributed by atoms with Gasteiger partial charge in [-0.1, -0.05) is 12.1 Å². The van der Waals surface area contributed by atoms with Gasteiger partial charge in [-0.15, -0.1) is 0 Å². The van der Waals surface area contributed by atoms with Crippen LogP contribution in [0, 0.1) is 10.1 Å². The molecule has 1 heterocycles. The van der Waals surface area contributed by atoms with Crippen LogP contribution in [0.1, 0.15) is 45.6 Å². The molecule has 1 fully saturated rings. The van der Waals surface area contributed by atoms with Crippen LogP contribution in [0.2, 0.25) is 0 Å². The van der Waals surface area contributed by atoms with Crippen molar-refractivity contribution in [1.29, 1.82) is 0 Å². The summed E-state index contributed by atoms with van der Waals surface area (Å²) in [4.78, 5) is 36.9. The molecule has 0 spiro atoms. The molecule has 1 aromatic carbocycles. The Balaban J connectivity index is 2.01. The summed E-state index contributed by atoms with van der Waals surface area (Å²) in [5.41, 5.74) is 0.198. The number of carbonyl (C=O) groups excluding carboxylic acids is 2. The van der Waals surface area contributed by atoms with Crippen LogP contribution in [0.25, 0.3) is 6.08 Å². The Morgan fingerprint density at radius 3 is 2.50 bits per heavy atom. The smallest absolute Gasteiger partial charge is 0.331 e. The zero-order valence-corrected chi connectivity index (χ0v) is 15.3. The molecule has 1 aliphatic rings. The fourth-order valence-corrected chi connectivity index (χ4v) is 3.28. The first-order valence-corrected chi connectivity index (χ1v) is 8.75. The standard InChI is InChI=1S/C19H24N2O5/c1-13-7-6-8-14(2)20(13)19(23)15(3)26-18(22)12-11-16-9-4-5-10-17(16)21(24)25/h4-5,9-15H,6-8H2,1-3H3/b12-11+/t13-,14-,15-/m1/s1. The highest BCUT2D eigenvalue weighted by atomic mass is 16.6. The summed E-state index contributed by atoms with van der Waals surface area (Å²) < 4.78 is 5.20. The summed E-state index contributed by atoms with van der Waals surface area (Å²) in [5.74, 6) is -0.918. The van der Waals surface area contributed by atoms with E-state index in [2.05, 4.69) is 0 Å². The fourth-order valence-electron chi connectivity index (χ4n) is 3.28. The quantitative estimate of drug-likeness (QED) is 0.348. The number of para-hydroxylation sites is 1. The van der Waals surface area contributed by atoms with Crippen molar-refractivity contribution in [3.63, 3.8) is 0 Å². The SMILES string of the molecule is C[C@@H]1CCC[C@@H](C)N1C(=O)[C@@H](C)OC(=O)/C=C/c1ccccc1[N+](=O)[O-]. The number of hydrogen-bond donors (Lipinski definition) is 0. The molecule has 0 aromatic heterocycles. The zero-order valence-electron chi connectivity index (χ0n) is 15.3. The number of likely N-dealkylation sites (tertiary alicyclic amines) is 1. The van der Waals surface area contributed by atoms with E-state index in [1.807, 2.05) is 13.8 Å². The summed E-state index contributed by atoms with van der Waals surface area (Å²) in [6.45, 7) is 5.54. The zero-order chi connectivity index (χ0) is 19.3. The highest BCUT2D eigenvalue weighted by Crippen LogP contribution is 2.24. The van der Waals surface area contributed by atoms with E-state index in [4.69, 9.17) is 4.74 Å². The maximum Gasteiger partial charge on any atom is 0.331 e. The fraction of sp³-hybridized carbons (Fsp3) is 0.474. The van der Waals surface area contributed by atoms with Crippen LogP contribution >= 0.6 is 0 Å². The molecule has 1 aromatic rings. The molecule has 1 saturated heterocycles. The topological polar surface area (TPSA) is 89.8 Å². The summed E-state index contributed by atoms with van der Waals surface area (Å²) in [5, 5.41) is 11.0. The molecule has 1 amide bonds. The predicted octanol–water partition coefficient (Wildman–Crippen LogP) is 3.33. The van der Waals surface area contributed by atoms with Crippen molar-refractivity contribution < 1.29 is 19.2 Å². The van der Waals surface area contributed by atoms with Gasteiger partial charge in [-0.25, -0.2) is 4.79 Å². The molecule has 0 saturated carbocycles. The molecule has 2 rings (SSSR count). The number of hydrogen-bond acceptors (Lipinski definition) is 5. The molecule has 0 unspecified atom stereocenters. The molecule has 140 valence electrons. The molecule has 3 atom stereocenters. The summed E-state index contributed by atoms with van der Waals surface area (Å²) in [6, 6.07) is 6.33. The molecule has 7 heteroatoms. The molecule has 0 radical (unpaired) electrons. The number of nitro groups is 1. The van der Waals surface area contributed by atoms with Gasteiger partial charge in [0.2, 0.25) is 0 Å². The van der Waals surface area contributed by atoms with Crippen LogP contribution in [-0.2, 0) is 14.3 Å². The average molecular weight is 360 g/mol. The van der Waals surface area contributed by atoms with Gasteiger partial charge in [0.25, 0.3) is 11.6 Å². The molecule has 0 N–H and O–H groups in total. The Hall–Kier alpha value is -2.70. The Morgan fingerprint density at radius 2 is 1.88 bits per heavy atom. The number of nitro benzene ring substituents is 1. The molecular formula is C19H24N2O5. The number of rotatable bonds is 5. The van der Waals surface area contributed by atoms with Crippen LogP contribution < -0.4 is 0 Å². The van der Waals surface area contributed by atoms with E-state index in [1.54, 1.807) is 24.0 Å². The number of piperidine rings is 1. The lowest BCUT2D eigenvalue weighted by atomic mass is 9.97. The van der Waals surface area contributed by atoms with Gasteiger partial charge in [0.1, 0.15) is 0 Å². The van der Waals surface area contributed by atoms with Crippen molar-refractivity contribution in [1.82, 2.24) is 4.90 Å². The third-order valence-corrected chi connectivity index (χ3v) is 4.62. The van der Waals surface area contributed by atoms with Crippen molar-refractivity contribution in [2.75, 3.05) is 0 Å². The van der Waals surface area contributed by atoms with Gasteiger partial charge in [-0.05, 0) is 52.2 Å². The summed E-state index contributed by atoms with van der Waals surface area (Å²) in [6.07, 6.45) is 4.49. The van der Waals surface area contributed by atoms with Crippen LogP contribution in [0.4, 0.5) is 5.69 Å². The van der Waals surface area contributed by atoms with E-state index in [9.17, 15) is 19.7 Å². The highest BCUT2D eigenvalue weighted by Gasteiger charge is 2.32. The van der Waals surface area contributed by atoms with Gasteiger partial charge in [0.05, 0.1) is 10.5 Å². The van der Waals surface area contributed by atoms with E-state index >= 15 is 0 Å². The van der Waals surface area contributed by atoms with Crippen molar-refractivity contribution in [2.24, 2.45) is 0 Å². The van der Waals surface area contributed by atoms with Gasteiger partial charge < -0.3 is 9.64 Å². The molecule has 0 bridgehead atoms. The lowest BCUT2D eigenvalue weighted by Crippen LogP contribution is -2.51. The number of amides is 1. The third kappa shape index (κ3) is 4.68. The maximum atomic E-state index is 12.6. The molecule has 0 aliphatic carbocycles. The van der Waals surface area contributed by atoms with Gasteiger partial charge in [0.15, 0.2) is 6.10 Å². The van der Waals surface area contributed by atoms with Crippen LogP contribution in [0.5, 0.6) is 0 Å². The number of ether oxygens (including phenoxy) is 1. The normalized spacial score (nSPS) is 21.4. The second kappa shape index (κ2) is 8.60. The van der Waals surface area contributed by atoms with Gasteiger partial charge >= 0.3 is 5.97 Å². The molecule has 7 nitrogen and oxygen atoms in total. The predicted molar refractivity (Wildman–Crippen MR) is 97.3 cm³/mol. The van der Waals surface area contributed by atoms with Crippen molar-refractivity contribution in [2.45, 2.75) is 58.2 Å². The molecular weight excluding hydrogens is 336 g/mol. The van der Waals surface area contributed by atoms with Gasteiger partial charge in [-0.2, -0.15) is 0 Å². The van der Waals surface area contributed by atoms with Crippen LogP contribution in [-0.4, -0.2) is 39.9 Å². The Bertz CT molecular complexity index is 706. The molecule has 26 heavy (non-hydrogen) atoms. The van der Waals surface area contributed by atoms with Crippen molar-refractivity contribution in [3.05, 3.63) is 46.0 Å². The molecule has 1 aliphatic heterocycles. The van der Waals surface area contributed by atoms with E-state index in [-0.39, 0.29) is 23.7 Å². The monoisotopic (exact) mass is 360 g/mol. The summed E-state index contributed by atoms with van der Waals surface area (Å²) >= 11 is 0. The average Bonchev–Trinajstić information content (AvgIpc) is 2.59. The largest absolute Gasteiger partial charge is 0.449 e. The van der Waals surface area contributed by atoms with Crippen LogP contribution in [0.15, 0.2) is 30.3 Å². The third-order valence-electron chi connectivity index (χ3n) is 4.62. The second-order valence-electron chi connectivity index (χ2n) is 6.60. The summed E-state index contributed by atoms with van der Waals surface area (Å²) in [7, 11) is 0.